The number of carbonyl (C=O) groups excluding carboxylic acids is 1. The second kappa shape index (κ2) is 5.12. The molecule has 0 spiro atoms. The highest BCUT2D eigenvalue weighted by Crippen LogP contribution is 2.28. The molecule has 0 aliphatic rings. The lowest BCUT2D eigenvalue weighted by atomic mass is 9.84. The number of ketones is 1. The third-order valence-electron chi connectivity index (χ3n) is 2.83. The molecule has 0 N–H and O–H groups in total. The fourth-order valence-electron chi connectivity index (χ4n) is 1.23. The summed E-state index contributed by atoms with van der Waals surface area (Å²) in [5.74, 6) is 0.454. The summed E-state index contributed by atoms with van der Waals surface area (Å²) in [7, 11) is 2.94. The summed E-state index contributed by atoms with van der Waals surface area (Å²) in [4.78, 5) is 20.4. The number of Topliss-reactive ketones (excluding diaryl/α,β-unsaturated/α-hetero) is 1. The number of rotatable bonds is 5. The first-order valence-electron chi connectivity index (χ1n) is 5.46. The Labute approximate surface area is 101 Å². The molecule has 0 aliphatic carbocycles. The summed E-state index contributed by atoms with van der Waals surface area (Å²) in [6, 6.07) is 0. The predicted molar refractivity (Wildman–Crippen MR) is 63.5 cm³/mol. The molecule has 17 heavy (non-hydrogen) atoms. The van der Waals surface area contributed by atoms with Gasteiger partial charge in [-0.25, -0.2) is 4.98 Å². The molecule has 1 rings (SSSR count). The Kier molecular flexibility index (Phi) is 4.04. The van der Waals surface area contributed by atoms with E-state index in [1.807, 2.05) is 20.8 Å². The van der Waals surface area contributed by atoms with Gasteiger partial charge in [-0.3, -0.25) is 4.79 Å². The smallest absolute Gasteiger partial charge is 0.246 e. The maximum Gasteiger partial charge on any atom is 0.246 e. The first kappa shape index (κ1) is 13.4. The van der Waals surface area contributed by atoms with Gasteiger partial charge in [0.1, 0.15) is 0 Å². The van der Waals surface area contributed by atoms with Gasteiger partial charge in [0, 0.05) is 5.41 Å². The molecule has 0 atom stereocenters. The number of nitrogens with zero attached hydrogens (tertiary/aromatic N) is 2. The van der Waals surface area contributed by atoms with Gasteiger partial charge in [0.05, 0.1) is 20.4 Å². The largest absolute Gasteiger partial charge is 0.480 e. The van der Waals surface area contributed by atoms with Gasteiger partial charge < -0.3 is 9.47 Å². The molecule has 0 fully saturated rings. The Morgan fingerprint density at radius 1 is 1.35 bits per heavy atom. The lowest BCUT2D eigenvalue weighted by molar-refractivity contribution is 0.0822. The fraction of sp³-hybridized carbons (Fsp3) is 0.583. The summed E-state index contributed by atoms with van der Waals surface area (Å²) in [5, 5.41) is 0. The molecule has 0 radical (unpaired) electrons. The predicted octanol–water partition coefficient (Wildman–Crippen LogP) is 2.11. The van der Waals surface area contributed by atoms with Crippen molar-refractivity contribution in [2.45, 2.75) is 27.2 Å². The first-order valence-corrected chi connectivity index (χ1v) is 5.46. The van der Waals surface area contributed by atoms with Gasteiger partial charge in [-0.1, -0.05) is 20.8 Å². The van der Waals surface area contributed by atoms with E-state index in [0.29, 0.717) is 5.88 Å². The lowest BCUT2D eigenvalue weighted by Crippen LogP contribution is -2.25. The Morgan fingerprint density at radius 3 is 2.47 bits per heavy atom. The number of hydrogen-bond donors (Lipinski definition) is 0. The molecule has 1 heterocycles. The van der Waals surface area contributed by atoms with Gasteiger partial charge in [-0.15, -0.1) is 0 Å². The number of ether oxygens (including phenoxy) is 2. The van der Waals surface area contributed by atoms with Crippen molar-refractivity contribution in [3.63, 3.8) is 0 Å². The Bertz CT molecular complexity index is 416. The monoisotopic (exact) mass is 238 g/mol. The maximum absolute atomic E-state index is 12.3. The molecule has 0 aromatic carbocycles. The van der Waals surface area contributed by atoms with Gasteiger partial charge in [-0.05, 0) is 6.42 Å². The van der Waals surface area contributed by atoms with Crippen LogP contribution in [0, 0.1) is 5.41 Å². The molecule has 5 heteroatoms. The summed E-state index contributed by atoms with van der Waals surface area (Å²) in [6.07, 6.45) is 2.14. The van der Waals surface area contributed by atoms with Crippen LogP contribution >= 0.6 is 0 Å². The number of aromatic nitrogens is 2. The lowest BCUT2D eigenvalue weighted by Gasteiger charge is -2.20. The topological polar surface area (TPSA) is 61.3 Å². The van der Waals surface area contributed by atoms with Crippen LogP contribution in [0.5, 0.6) is 11.8 Å². The van der Waals surface area contributed by atoms with Crippen LogP contribution in [0.25, 0.3) is 0 Å². The van der Waals surface area contributed by atoms with E-state index < -0.39 is 5.41 Å². The van der Waals surface area contributed by atoms with E-state index in [9.17, 15) is 4.79 Å². The molecule has 0 unspecified atom stereocenters. The van der Waals surface area contributed by atoms with E-state index >= 15 is 0 Å². The summed E-state index contributed by atoms with van der Waals surface area (Å²) < 4.78 is 10.0. The quantitative estimate of drug-likeness (QED) is 0.735. The normalized spacial score (nSPS) is 11.1. The van der Waals surface area contributed by atoms with Crippen LogP contribution in [0.15, 0.2) is 6.20 Å². The highest BCUT2D eigenvalue weighted by molar-refractivity contribution is 6.00. The number of carbonyl (C=O) groups is 1. The van der Waals surface area contributed by atoms with Gasteiger partial charge in [0.25, 0.3) is 0 Å². The van der Waals surface area contributed by atoms with Gasteiger partial charge in [0.15, 0.2) is 11.5 Å². The summed E-state index contributed by atoms with van der Waals surface area (Å²) >= 11 is 0. The summed E-state index contributed by atoms with van der Waals surface area (Å²) in [6.45, 7) is 5.71. The Balaban J connectivity index is 3.18. The van der Waals surface area contributed by atoms with E-state index in [1.165, 1.54) is 20.4 Å². The van der Waals surface area contributed by atoms with Gasteiger partial charge in [0.2, 0.25) is 11.8 Å². The zero-order valence-electron chi connectivity index (χ0n) is 10.9. The third-order valence-corrected chi connectivity index (χ3v) is 2.83. The molecular formula is C12H18N2O3. The molecule has 0 saturated heterocycles. The average Bonchev–Trinajstić information content (AvgIpc) is 2.36. The van der Waals surface area contributed by atoms with Crippen LogP contribution in [0.1, 0.15) is 37.7 Å². The van der Waals surface area contributed by atoms with Crippen molar-refractivity contribution in [1.82, 2.24) is 9.97 Å². The first-order chi connectivity index (χ1) is 7.96. The minimum atomic E-state index is -0.476. The Morgan fingerprint density at radius 2 is 2.00 bits per heavy atom. The third kappa shape index (κ3) is 2.72. The minimum absolute atomic E-state index is 0.0768. The SMILES string of the molecule is CCC(C)(C)C(=O)c1ncc(OC)nc1OC. The van der Waals surface area contributed by atoms with Crippen LogP contribution in [-0.2, 0) is 0 Å². The van der Waals surface area contributed by atoms with E-state index in [0.717, 1.165) is 6.42 Å². The number of hydrogen-bond acceptors (Lipinski definition) is 5. The van der Waals surface area contributed by atoms with Gasteiger partial charge in [-0.2, -0.15) is 4.98 Å². The van der Waals surface area contributed by atoms with Crippen molar-refractivity contribution in [3.05, 3.63) is 11.9 Å². The van der Waals surface area contributed by atoms with Crippen molar-refractivity contribution in [1.29, 1.82) is 0 Å². The fourth-order valence-corrected chi connectivity index (χ4v) is 1.23. The second-order valence-corrected chi connectivity index (χ2v) is 4.34. The molecule has 0 aliphatic heterocycles. The average molecular weight is 238 g/mol. The molecule has 0 saturated carbocycles. The maximum atomic E-state index is 12.3. The van der Waals surface area contributed by atoms with E-state index in [2.05, 4.69) is 9.97 Å². The molecular weight excluding hydrogens is 220 g/mol. The molecule has 5 nitrogen and oxygen atoms in total. The van der Waals surface area contributed by atoms with Crippen LogP contribution < -0.4 is 9.47 Å². The van der Waals surface area contributed by atoms with Crippen molar-refractivity contribution >= 4 is 5.78 Å². The zero-order valence-corrected chi connectivity index (χ0v) is 10.9. The van der Waals surface area contributed by atoms with E-state index in [-0.39, 0.29) is 17.4 Å². The number of methoxy groups -OCH3 is 2. The summed E-state index contributed by atoms with van der Waals surface area (Å²) in [5.41, 5.74) is -0.226. The molecule has 1 aromatic rings. The standard InChI is InChI=1S/C12H18N2O3/c1-6-12(2,3)10(15)9-11(17-5)14-8(16-4)7-13-9/h7H,6H2,1-5H3. The zero-order chi connectivity index (χ0) is 13.1. The van der Waals surface area contributed by atoms with Crippen LogP contribution in [0.2, 0.25) is 0 Å². The molecule has 1 aromatic heterocycles. The van der Waals surface area contributed by atoms with Crippen molar-refractivity contribution < 1.29 is 14.3 Å². The highest BCUT2D eigenvalue weighted by Gasteiger charge is 2.30. The van der Waals surface area contributed by atoms with Crippen molar-refractivity contribution in [3.8, 4) is 11.8 Å². The molecule has 0 bridgehead atoms. The highest BCUT2D eigenvalue weighted by atomic mass is 16.5. The van der Waals surface area contributed by atoms with E-state index in [4.69, 9.17) is 9.47 Å². The van der Waals surface area contributed by atoms with Crippen LogP contribution in [0.4, 0.5) is 0 Å². The van der Waals surface area contributed by atoms with Crippen molar-refractivity contribution in [2.75, 3.05) is 14.2 Å². The Hall–Kier alpha value is -1.65. The van der Waals surface area contributed by atoms with Crippen LogP contribution in [-0.4, -0.2) is 30.0 Å². The molecule has 94 valence electrons. The van der Waals surface area contributed by atoms with Crippen LogP contribution in [0.3, 0.4) is 0 Å². The van der Waals surface area contributed by atoms with Gasteiger partial charge >= 0.3 is 0 Å². The second-order valence-electron chi connectivity index (χ2n) is 4.34. The van der Waals surface area contributed by atoms with Crippen molar-refractivity contribution in [2.24, 2.45) is 5.41 Å². The minimum Gasteiger partial charge on any atom is -0.480 e. The van der Waals surface area contributed by atoms with E-state index in [1.54, 1.807) is 0 Å². The molecule has 0 amide bonds.